The number of aromatic nitrogens is 1. The van der Waals surface area contributed by atoms with E-state index in [2.05, 4.69) is 17.2 Å². The number of amides is 4. The third-order valence-electron chi connectivity index (χ3n) is 7.66. The topological polar surface area (TPSA) is 94.7 Å². The van der Waals surface area contributed by atoms with Gasteiger partial charge in [-0.2, -0.15) is 0 Å². The number of hydrogen-bond donors (Lipinski definition) is 2. The van der Waals surface area contributed by atoms with Gasteiger partial charge in [-0.05, 0) is 60.0 Å². The third kappa shape index (κ3) is 4.12. The normalized spacial score (nSPS) is 18.3. The Hall–Kier alpha value is -4.59. The Morgan fingerprint density at radius 1 is 1.05 bits per heavy atom. The van der Waals surface area contributed by atoms with Crippen molar-refractivity contribution in [2.24, 2.45) is 0 Å². The SMILES string of the molecule is CCCCNC(=O)c1ccc(N2C(=O)[C@@H]3Cc4c([nH]c5ccccc45)[C@@H](c4cccc(OC)c4)N3C2=O)cc1. The van der Waals surface area contributed by atoms with Gasteiger partial charge in [-0.15, -0.1) is 0 Å². The lowest BCUT2D eigenvalue weighted by Crippen LogP contribution is -2.44. The van der Waals surface area contributed by atoms with E-state index in [1.165, 1.54) is 4.90 Å². The zero-order valence-electron chi connectivity index (χ0n) is 21.9. The predicted octanol–water partition coefficient (Wildman–Crippen LogP) is 5.19. The van der Waals surface area contributed by atoms with E-state index < -0.39 is 12.1 Å². The van der Waals surface area contributed by atoms with Gasteiger partial charge in [-0.1, -0.05) is 43.7 Å². The van der Waals surface area contributed by atoms with Crippen molar-refractivity contribution < 1.29 is 19.1 Å². The van der Waals surface area contributed by atoms with Crippen LogP contribution in [0, 0.1) is 0 Å². The lowest BCUT2D eigenvalue weighted by atomic mass is 9.89. The minimum atomic E-state index is -0.655. The molecule has 0 aliphatic carbocycles. The van der Waals surface area contributed by atoms with Gasteiger partial charge in [0.05, 0.1) is 12.8 Å². The summed E-state index contributed by atoms with van der Waals surface area (Å²) < 4.78 is 5.48. The number of benzene rings is 3. The molecule has 8 heteroatoms. The molecule has 3 aromatic carbocycles. The molecule has 4 amide bonds. The van der Waals surface area contributed by atoms with E-state index in [1.807, 2.05) is 48.5 Å². The second-order valence-electron chi connectivity index (χ2n) is 9.98. The van der Waals surface area contributed by atoms with Crippen LogP contribution in [0.25, 0.3) is 10.9 Å². The van der Waals surface area contributed by atoms with Crippen LogP contribution in [0.2, 0.25) is 0 Å². The van der Waals surface area contributed by atoms with E-state index in [1.54, 1.807) is 36.3 Å². The van der Waals surface area contributed by atoms with Crippen molar-refractivity contribution in [2.45, 2.75) is 38.3 Å². The summed E-state index contributed by atoms with van der Waals surface area (Å²) in [4.78, 5) is 46.8. The number of carbonyl (C=O) groups excluding carboxylic acids is 3. The Morgan fingerprint density at radius 2 is 1.85 bits per heavy atom. The number of imide groups is 1. The number of fused-ring (bicyclic) bond motifs is 4. The summed E-state index contributed by atoms with van der Waals surface area (Å²) in [5, 5.41) is 3.95. The van der Waals surface area contributed by atoms with Crippen molar-refractivity contribution in [2.75, 3.05) is 18.6 Å². The largest absolute Gasteiger partial charge is 0.497 e. The number of H-pyrrole nitrogens is 1. The molecule has 1 fully saturated rings. The molecule has 39 heavy (non-hydrogen) atoms. The highest BCUT2D eigenvalue weighted by atomic mass is 16.5. The summed E-state index contributed by atoms with van der Waals surface area (Å²) >= 11 is 0. The Balaban J connectivity index is 1.39. The van der Waals surface area contributed by atoms with E-state index in [4.69, 9.17) is 4.74 Å². The van der Waals surface area contributed by atoms with Gasteiger partial charge in [-0.3, -0.25) is 14.5 Å². The first-order chi connectivity index (χ1) is 19.0. The van der Waals surface area contributed by atoms with E-state index >= 15 is 0 Å². The van der Waals surface area contributed by atoms with E-state index in [-0.39, 0.29) is 17.8 Å². The van der Waals surface area contributed by atoms with Gasteiger partial charge >= 0.3 is 6.03 Å². The maximum absolute atomic E-state index is 14.0. The monoisotopic (exact) mass is 522 g/mol. The molecular formula is C31H30N4O4. The molecule has 2 atom stereocenters. The minimum absolute atomic E-state index is 0.171. The van der Waals surface area contributed by atoms with Crippen molar-refractivity contribution in [1.82, 2.24) is 15.2 Å². The fraction of sp³-hybridized carbons (Fsp3) is 0.258. The molecule has 8 nitrogen and oxygen atoms in total. The Morgan fingerprint density at radius 3 is 2.62 bits per heavy atom. The fourth-order valence-electron chi connectivity index (χ4n) is 5.71. The number of aromatic amines is 1. The van der Waals surface area contributed by atoms with Crippen LogP contribution in [0.4, 0.5) is 10.5 Å². The molecule has 6 rings (SSSR count). The van der Waals surface area contributed by atoms with Crippen LogP contribution in [0.5, 0.6) is 5.75 Å². The van der Waals surface area contributed by atoms with Gasteiger partial charge in [0.2, 0.25) is 0 Å². The van der Waals surface area contributed by atoms with Crippen molar-refractivity contribution in [3.8, 4) is 5.75 Å². The molecule has 2 aliphatic heterocycles. The van der Waals surface area contributed by atoms with Crippen molar-refractivity contribution in [3.63, 3.8) is 0 Å². The summed E-state index contributed by atoms with van der Waals surface area (Å²) in [7, 11) is 1.61. The number of carbonyl (C=O) groups is 3. The standard InChI is InChI=1S/C31H30N4O4/c1-3-4-16-32-29(36)19-12-14-21(15-13-19)34-30(37)26-18-24-23-10-5-6-11-25(23)33-27(24)28(35(26)31(34)38)20-8-7-9-22(17-20)39-2/h5-15,17,26,28,33H,3-4,16,18H2,1-2H3,(H,32,36)/t26-,28+/m0/s1. The second kappa shape index (κ2) is 9.94. The summed E-state index contributed by atoms with van der Waals surface area (Å²) in [5.74, 6) is 0.230. The summed E-state index contributed by atoms with van der Waals surface area (Å²) in [6.45, 7) is 2.67. The van der Waals surface area contributed by atoms with Crippen LogP contribution in [0.15, 0.2) is 72.8 Å². The maximum atomic E-state index is 14.0. The fourth-order valence-corrected chi connectivity index (χ4v) is 5.71. The predicted molar refractivity (Wildman–Crippen MR) is 149 cm³/mol. The molecule has 198 valence electrons. The second-order valence-corrected chi connectivity index (χ2v) is 9.98. The number of nitrogens with zero attached hydrogens (tertiary/aromatic N) is 2. The molecule has 0 unspecified atom stereocenters. The third-order valence-corrected chi connectivity index (χ3v) is 7.66. The van der Waals surface area contributed by atoms with Gasteiger partial charge in [0, 0.05) is 35.1 Å². The smallest absolute Gasteiger partial charge is 0.332 e. The molecular weight excluding hydrogens is 492 g/mol. The molecule has 1 saturated heterocycles. The highest BCUT2D eigenvalue weighted by Gasteiger charge is 2.53. The van der Waals surface area contributed by atoms with Gasteiger partial charge in [0.1, 0.15) is 17.8 Å². The van der Waals surface area contributed by atoms with Gasteiger partial charge in [0.15, 0.2) is 0 Å². The first-order valence-electron chi connectivity index (χ1n) is 13.3. The van der Waals surface area contributed by atoms with Crippen LogP contribution < -0.4 is 15.0 Å². The first-order valence-corrected chi connectivity index (χ1v) is 13.3. The number of unbranched alkanes of at least 4 members (excludes halogenated alkanes) is 1. The van der Waals surface area contributed by atoms with Crippen LogP contribution in [0.1, 0.15) is 53.0 Å². The van der Waals surface area contributed by atoms with Crippen molar-refractivity contribution in [1.29, 1.82) is 0 Å². The summed E-state index contributed by atoms with van der Waals surface area (Å²) in [6, 6.07) is 20.7. The Bertz CT molecular complexity index is 1580. The number of methoxy groups -OCH3 is 1. The zero-order chi connectivity index (χ0) is 27.1. The Labute approximate surface area is 226 Å². The molecule has 2 N–H and O–H groups in total. The number of anilines is 1. The lowest BCUT2D eigenvalue weighted by Gasteiger charge is -2.36. The molecule has 1 aromatic heterocycles. The quantitative estimate of drug-likeness (QED) is 0.258. The number of rotatable bonds is 7. The lowest BCUT2D eigenvalue weighted by molar-refractivity contribution is -0.120. The summed E-state index contributed by atoms with van der Waals surface area (Å²) in [5.41, 5.74) is 4.71. The number of urea groups is 1. The maximum Gasteiger partial charge on any atom is 0.332 e. The van der Waals surface area contributed by atoms with Crippen LogP contribution in [-0.4, -0.2) is 47.4 Å². The molecule has 2 aliphatic rings. The average Bonchev–Trinajstić information content (AvgIpc) is 3.46. The zero-order valence-corrected chi connectivity index (χ0v) is 21.9. The van der Waals surface area contributed by atoms with Gasteiger partial charge in [-0.25, -0.2) is 9.69 Å². The molecule has 0 saturated carbocycles. The van der Waals surface area contributed by atoms with E-state index in [0.29, 0.717) is 30.0 Å². The number of ether oxygens (including phenoxy) is 1. The molecule has 0 radical (unpaired) electrons. The summed E-state index contributed by atoms with van der Waals surface area (Å²) in [6.07, 6.45) is 2.31. The number of para-hydroxylation sites is 1. The van der Waals surface area contributed by atoms with Gasteiger partial charge < -0.3 is 15.0 Å². The van der Waals surface area contributed by atoms with Crippen molar-refractivity contribution >= 4 is 34.4 Å². The first kappa shape index (κ1) is 24.7. The van der Waals surface area contributed by atoms with Crippen LogP contribution in [0.3, 0.4) is 0 Å². The molecule has 4 aromatic rings. The average molecular weight is 523 g/mol. The van der Waals surface area contributed by atoms with E-state index in [9.17, 15) is 14.4 Å². The molecule has 0 bridgehead atoms. The molecule has 3 heterocycles. The van der Waals surface area contributed by atoms with E-state index in [0.717, 1.165) is 40.6 Å². The number of hydrogen-bond acceptors (Lipinski definition) is 4. The highest BCUT2D eigenvalue weighted by molar-refractivity contribution is 6.22. The highest BCUT2D eigenvalue weighted by Crippen LogP contribution is 2.45. The molecule has 0 spiro atoms. The van der Waals surface area contributed by atoms with Crippen LogP contribution in [-0.2, 0) is 11.2 Å². The van der Waals surface area contributed by atoms with Crippen LogP contribution >= 0.6 is 0 Å². The minimum Gasteiger partial charge on any atom is -0.497 e. The van der Waals surface area contributed by atoms with Crippen molar-refractivity contribution in [3.05, 3.63) is 95.2 Å². The van der Waals surface area contributed by atoms with Gasteiger partial charge in [0.25, 0.3) is 11.8 Å². The number of nitrogens with one attached hydrogen (secondary N) is 2. The Kier molecular flexibility index (Phi) is 6.30.